The number of anilines is 1. The van der Waals surface area contributed by atoms with Crippen molar-refractivity contribution in [2.45, 2.75) is 6.92 Å². The molecule has 1 aromatic carbocycles. The largest absolute Gasteiger partial charge is 0.321 e. The van der Waals surface area contributed by atoms with Gasteiger partial charge >= 0.3 is 0 Å². The molecule has 4 nitrogen and oxygen atoms in total. The van der Waals surface area contributed by atoms with E-state index in [4.69, 9.17) is 5.26 Å². The fraction of sp³-hybridized carbons (Fsp3) is 0.0714. The summed E-state index contributed by atoms with van der Waals surface area (Å²) in [6.45, 7) is 1.83. The van der Waals surface area contributed by atoms with Crippen molar-refractivity contribution < 1.29 is 4.79 Å². The Morgan fingerprint density at radius 1 is 1.39 bits per heavy atom. The summed E-state index contributed by atoms with van der Waals surface area (Å²) >= 11 is 0. The average molecular weight is 237 g/mol. The third-order valence-corrected chi connectivity index (χ3v) is 2.53. The first-order valence-corrected chi connectivity index (χ1v) is 5.43. The number of nitriles is 1. The van der Waals surface area contributed by atoms with E-state index in [9.17, 15) is 4.79 Å². The molecule has 2 aromatic rings. The zero-order valence-corrected chi connectivity index (χ0v) is 9.84. The quantitative estimate of drug-likeness (QED) is 0.872. The highest BCUT2D eigenvalue weighted by atomic mass is 16.1. The predicted octanol–water partition coefficient (Wildman–Crippen LogP) is 2.51. The highest BCUT2D eigenvalue weighted by Gasteiger charge is 2.10. The van der Waals surface area contributed by atoms with E-state index in [2.05, 4.69) is 10.3 Å². The maximum absolute atomic E-state index is 12.1. The number of nitrogens with one attached hydrogen (secondary N) is 1. The lowest BCUT2D eigenvalue weighted by molar-refractivity contribution is 0.102. The van der Waals surface area contributed by atoms with Gasteiger partial charge in [-0.3, -0.25) is 9.78 Å². The third kappa shape index (κ3) is 2.53. The Kier molecular flexibility index (Phi) is 3.35. The molecule has 0 aliphatic carbocycles. The second-order valence-corrected chi connectivity index (χ2v) is 3.84. The summed E-state index contributed by atoms with van der Waals surface area (Å²) in [5.41, 5.74) is 2.43. The van der Waals surface area contributed by atoms with E-state index in [1.165, 1.54) is 0 Å². The molecule has 1 amide bonds. The minimum absolute atomic E-state index is 0.238. The molecule has 1 aromatic heterocycles. The Hall–Kier alpha value is -2.67. The van der Waals surface area contributed by atoms with Crippen molar-refractivity contribution in [3.63, 3.8) is 0 Å². The fourth-order valence-electron chi connectivity index (χ4n) is 1.57. The van der Waals surface area contributed by atoms with Gasteiger partial charge in [0.2, 0.25) is 0 Å². The number of aromatic nitrogens is 1. The molecule has 4 heteroatoms. The van der Waals surface area contributed by atoms with Crippen LogP contribution in [0.2, 0.25) is 0 Å². The summed E-state index contributed by atoms with van der Waals surface area (Å²) < 4.78 is 0. The lowest BCUT2D eigenvalue weighted by Gasteiger charge is -2.07. The number of pyridine rings is 1. The molecule has 0 fully saturated rings. The van der Waals surface area contributed by atoms with Crippen LogP contribution in [0.15, 0.2) is 42.7 Å². The Balaban J connectivity index is 2.27. The van der Waals surface area contributed by atoms with Crippen molar-refractivity contribution in [1.29, 1.82) is 5.26 Å². The number of hydrogen-bond acceptors (Lipinski definition) is 3. The van der Waals surface area contributed by atoms with Crippen LogP contribution in [0.3, 0.4) is 0 Å². The molecular weight excluding hydrogens is 226 g/mol. The lowest BCUT2D eigenvalue weighted by Crippen LogP contribution is -2.13. The van der Waals surface area contributed by atoms with Gasteiger partial charge in [0.05, 0.1) is 23.5 Å². The first-order valence-electron chi connectivity index (χ1n) is 5.43. The summed E-state index contributed by atoms with van der Waals surface area (Å²) in [6, 6.07) is 10.6. The van der Waals surface area contributed by atoms with Gasteiger partial charge in [0.1, 0.15) is 0 Å². The number of rotatable bonds is 2. The molecule has 0 bridgehead atoms. The molecule has 1 heterocycles. The predicted molar refractivity (Wildman–Crippen MR) is 68.1 cm³/mol. The fourth-order valence-corrected chi connectivity index (χ4v) is 1.57. The van der Waals surface area contributed by atoms with Gasteiger partial charge in [0.15, 0.2) is 0 Å². The van der Waals surface area contributed by atoms with Crippen LogP contribution in [0.25, 0.3) is 0 Å². The highest BCUT2D eigenvalue weighted by Crippen LogP contribution is 2.13. The van der Waals surface area contributed by atoms with E-state index in [0.29, 0.717) is 16.8 Å². The van der Waals surface area contributed by atoms with Crippen molar-refractivity contribution in [3.05, 3.63) is 59.4 Å². The van der Waals surface area contributed by atoms with Crippen molar-refractivity contribution in [3.8, 4) is 6.07 Å². The van der Waals surface area contributed by atoms with Crippen LogP contribution in [0, 0.1) is 18.3 Å². The second-order valence-electron chi connectivity index (χ2n) is 3.84. The van der Waals surface area contributed by atoms with Gasteiger partial charge in [-0.1, -0.05) is 6.07 Å². The number of hydrogen-bond donors (Lipinski definition) is 1. The average Bonchev–Trinajstić information content (AvgIpc) is 2.40. The van der Waals surface area contributed by atoms with Crippen LogP contribution in [-0.4, -0.2) is 10.9 Å². The van der Waals surface area contributed by atoms with Crippen LogP contribution >= 0.6 is 0 Å². The normalized spacial score (nSPS) is 9.56. The van der Waals surface area contributed by atoms with Crippen molar-refractivity contribution >= 4 is 11.6 Å². The van der Waals surface area contributed by atoms with Gasteiger partial charge in [-0.2, -0.15) is 5.26 Å². The molecule has 0 saturated heterocycles. The maximum atomic E-state index is 12.1. The minimum Gasteiger partial charge on any atom is -0.321 e. The number of nitrogens with zero attached hydrogens (tertiary/aromatic N) is 2. The molecule has 2 rings (SSSR count). The third-order valence-electron chi connectivity index (χ3n) is 2.53. The van der Waals surface area contributed by atoms with Crippen LogP contribution in [0.4, 0.5) is 5.69 Å². The maximum Gasteiger partial charge on any atom is 0.256 e. The molecule has 0 aliphatic rings. The molecule has 0 aliphatic heterocycles. The first-order chi connectivity index (χ1) is 8.70. The number of benzene rings is 1. The Morgan fingerprint density at radius 3 is 2.89 bits per heavy atom. The second kappa shape index (κ2) is 5.11. The van der Waals surface area contributed by atoms with E-state index >= 15 is 0 Å². The Bertz CT molecular complexity index is 615. The first kappa shape index (κ1) is 11.8. The molecule has 0 atom stereocenters. The minimum atomic E-state index is -0.238. The van der Waals surface area contributed by atoms with Crippen molar-refractivity contribution in [1.82, 2.24) is 4.98 Å². The zero-order valence-electron chi connectivity index (χ0n) is 9.84. The van der Waals surface area contributed by atoms with E-state index < -0.39 is 0 Å². The summed E-state index contributed by atoms with van der Waals surface area (Å²) in [4.78, 5) is 16.0. The van der Waals surface area contributed by atoms with Gasteiger partial charge in [0, 0.05) is 11.8 Å². The van der Waals surface area contributed by atoms with Gasteiger partial charge in [-0.05, 0) is 36.8 Å². The number of amides is 1. The Morgan fingerprint density at radius 2 is 2.22 bits per heavy atom. The zero-order chi connectivity index (χ0) is 13.0. The summed E-state index contributed by atoms with van der Waals surface area (Å²) in [5, 5.41) is 11.6. The number of carbonyl (C=O) groups is 1. The highest BCUT2D eigenvalue weighted by molar-refractivity contribution is 6.05. The topological polar surface area (TPSA) is 65.8 Å². The Labute approximate surface area is 105 Å². The smallest absolute Gasteiger partial charge is 0.256 e. The van der Waals surface area contributed by atoms with Gasteiger partial charge in [-0.25, -0.2) is 0 Å². The standard InChI is InChI=1S/C14H11N3O/c1-10-4-5-11(8-15)7-13(10)14(18)17-12-3-2-6-16-9-12/h2-7,9H,1H3,(H,17,18). The van der Waals surface area contributed by atoms with Crippen molar-refractivity contribution in [2.75, 3.05) is 5.32 Å². The molecule has 88 valence electrons. The number of aryl methyl sites for hydroxylation is 1. The van der Waals surface area contributed by atoms with Gasteiger partial charge < -0.3 is 5.32 Å². The molecule has 0 spiro atoms. The van der Waals surface area contributed by atoms with Crippen LogP contribution in [-0.2, 0) is 0 Å². The molecule has 1 N–H and O–H groups in total. The summed E-state index contributed by atoms with van der Waals surface area (Å²) in [7, 11) is 0. The molecule has 0 saturated carbocycles. The van der Waals surface area contributed by atoms with Gasteiger partial charge in [0.25, 0.3) is 5.91 Å². The van der Waals surface area contributed by atoms with E-state index in [0.717, 1.165) is 5.56 Å². The summed E-state index contributed by atoms with van der Waals surface area (Å²) in [5.74, 6) is -0.238. The summed E-state index contributed by atoms with van der Waals surface area (Å²) in [6.07, 6.45) is 3.21. The van der Waals surface area contributed by atoms with E-state index in [1.807, 2.05) is 13.0 Å². The molecular formula is C14H11N3O. The van der Waals surface area contributed by atoms with Crippen molar-refractivity contribution in [2.24, 2.45) is 0 Å². The van der Waals surface area contributed by atoms with E-state index in [-0.39, 0.29) is 5.91 Å². The molecule has 0 unspecified atom stereocenters. The monoisotopic (exact) mass is 237 g/mol. The number of carbonyl (C=O) groups excluding carboxylic acids is 1. The van der Waals surface area contributed by atoms with Crippen LogP contribution < -0.4 is 5.32 Å². The lowest BCUT2D eigenvalue weighted by atomic mass is 10.0. The van der Waals surface area contributed by atoms with Crippen LogP contribution in [0.1, 0.15) is 21.5 Å². The molecule has 18 heavy (non-hydrogen) atoms. The van der Waals surface area contributed by atoms with Crippen LogP contribution in [0.5, 0.6) is 0 Å². The van der Waals surface area contributed by atoms with E-state index in [1.54, 1.807) is 42.7 Å². The SMILES string of the molecule is Cc1ccc(C#N)cc1C(=O)Nc1cccnc1. The van der Waals surface area contributed by atoms with Gasteiger partial charge in [-0.15, -0.1) is 0 Å². The molecule has 0 radical (unpaired) electrons.